The van der Waals surface area contributed by atoms with Crippen molar-refractivity contribution in [3.63, 3.8) is 0 Å². The number of carbonyl (C=O) groups is 1. The van der Waals surface area contributed by atoms with Crippen molar-refractivity contribution in [2.45, 2.75) is 154 Å². The highest BCUT2D eigenvalue weighted by atomic mass is 16.5. The predicted molar refractivity (Wildman–Crippen MR) is 159 cm³/mol. The topological polar surface area (TPSA) is 46.5 Å². The molecule has 3 heteroatoms. The van der Waals surface area contributed by atoms with Gasteiger partial charge in [-0.25, -0.2) is 0 Å². The molecule has 0 bridgehead atoms. The molecule has 0 amide bonds. The van der Waals surface area contributed by atoms with Crippen LogP contribution in [0, 0.1) is 0 Å². The number of unbranched alkanes of at least 4 members (excludes halogenated alkanes) is 20. The van der Waals surface area contributed by atoms with Gasteiger partial charge in [-0.1, -0.05) is 108 Å². The maximum Gasteiger partial charge on any atom is 0.305 e. The average Bonchev–Trinajstić information content (AvgIpc) is 2.89. The molecule has 0 aromatic carbocycles. The molecule has 0 aliphatic rings. The van der Waals surface area contributed by atoms with E-state index in [9.17, 15) is 4.79 Å². The first-order chi connectivity index (χ1) is 17.7. The number of aliphatic hydroxyl groups is 1. The highest BCUT2D eigenvalue weighted by molar-refractivity contribution is 5.69. The second-order valence-electron chi connectivity index (χ2n) is 10.00. The van der Waals surface area contributed by atoms with Gasteiger partial charge in [-0.05, 0) is 57.8 Å². The van der Waals surface area contributed by atoms with Crippen LogP contribution in [-0.4, -0.2) is 24.3 Å². The summed E-state index contributed by atoms with van der Waals surface area (Å²) in [6.45, 7) is 12.1. The Kier molecular flexibility index (Phi) is 36.6. The monoisotopic (exact) mass is 506 g/mol. The Morgan fingerprint density at radius 3 is 1.22 bits per heavy atom. The quantitative estimate of drug-likeness (QED) is 0.0652. The molecule has 3 nitrogen and oxygen atoms in total. The maximum atomic E-state index is 11.6. The van der Waals surface area contributed by atoms with Crippen molar-refractivity contribution in [1.29, 1.82) is 0 Å². The summed E-state index contributed by atoms with van der Waals surface area (Å²) >= 11 is 0. The fourth-order valence-electron chi connectivity index (χ4n) is 4.08. The molecule has 0 aliphatic heterocycles. The van der Waals surface area contributed by atoms with Crippen molar-refractivity contribution in [3.8, 4) is 0 Å². The zero-order chi connectivity index (χ0) is 26.8. The number of allylic oxidation sites excluding steroid dienone is 3. The van der Waals surface area contributed by atoms with Crippen LogP contribution in [-0.2, 0) is 9.53 Å². The summed E-state index contributed by atoms with van der Waals surface area (Å²) in [4.78, 5) is 11.6. The van der Waals surface area contributed by atoms with E-state index in [2.05, 4.69) is 19.7 Å². The summed E-state index contributed by atoms with van der Waals surface area (Å²) in [5.74, 6) is -0.00826. The third-order valence-corrected chi connectivity index (χ3v) is 6.42. The van der Waals surface area contributed by atoms with Crippen LogP contribution in [0.3, 0.4) is 0 Å². The Hall–Kier alpha value is -1.35. The lowest BCUT2D eigenvalue weighted by atomic mass is 10.1. The van der Waals surface area contributed by atoms with E-state index < -0.39 is 0 Å². The molecule has 0 saturated carbocycles. The van der Waals surface area contributed by atoms with Gasteiger partial charge in [0.2, 0.25) is 0 Å². The predicted octanol–water partition coefficient (Wildman–Crippen LogP) is 10.4. The molecule has 0 atom stereocenters. The molecule has 36 heavy (non-hydrogen) atoms. The van der Waals surface area contributed by atoms with Crippen LogP contribution in [0.15, 0.2) is 38.0 Å². The zero-order valence-corrected chi connectivity index (χ0v) is 24.0. The minimum atomic E-state index is -0.00826. The zero-order valence-electron chi connectivity index (χ0n) is 24.0. The fraction of sp³-hybridized carbons (Fsp3) is 0.788. The van der Waals surface area contributed by atoms with Crippen LogP contribution < -0.4 is 0 Å². The highest BCUT2D eigenvalue weighted by Crippen LogP contribution is 2.11. The minimum absolute atomic E-state index is 0.00826. The molecule has 0 unspecified atom stereocenters. The van der Waals surface area contributed by atoms with Crippen molar-refractivity contribution in [1.82, 2.24) is 0 Å². The van der Waals surface area contributed by atoms with Gasteiger partial charge in [0.05, 0.1) is 6.61 Å². The van der Waals surface area contributed by atoms with E-state index in [-0.39, 0.29) is 5.97 Å². The van der Waals surface area contributed by atoms with E-state index in [1.165, 1.54) is 103 Å². The Morgan fingerprint density at radius 1 is 0.500 bits per heavy atom. The van der Waals surface area contributed by atoms with Crippen molar-refractivity contribution < 1.29 is 14.6 Å². The Morgan fingerprint density at radius 2 is 0.833 bits per heavy atom. The van der Waals surface area contributed by atoms with Gasteiger partial charge in [-0.15, -0.1) is 19.7 Å². The molecular formula is C33H62O3. The second kappa shape index (κ2) is 35.8. The van der Waals surface area contributed by atoms with E-state index >= 15 is 0 Å². The van der Waals surface area contributed by atoms with Gasteiger partial charge < -0.3 is 9.84 Å². The van der Waals surface area contributed by atoms with Gasteiger partial charge in [0, 0.05) is 13.0 Å². The third kappa shape index (κ3) is 37.2. The number of ether oxygens (including phenoxy) is 1. The standard InChI is InChI=1S/C22H40O2.C11H22O/c1-3-5-7-9-11-13-15-17-19-21-24-22(23)20-18-16-14-12-10-8-6-4-2;1-2-3-4-5-6-7-8-9-10-11-12/h3-4H,1-2,5-21H2;2,12H,1,3-11H2. The number of hydrogen-bond acceptors (Lipinski definition) is 3. The van der Waals surface area contributed by atoms with Crippen LogP contribution in [0.25, 0.3) is 0 Å². The third-order valence-electron chi connectivity index (χ3n) is 6.42. The first-order valence-corrected chi connectivity index (χ1v) is 15.3. The minimum Gasteiger partial charge on any atom is -0.466 e. The van der Waals surface area contributed by atoms with Crippen molar-refractivity contribution in [2.24, 2.45) is 0 Å². The van der Waals surface area contributed by atoms with E-state index in [0.29, 0.717) is 19.6 Å². The summed E-state index contributed by atoms with van der Waals surface area (Å²) in [6.07, 6.45) is 34.6. The Balaban J connectivity index is 0. The number of carbonyl (C=O) groups excluding carboxylic acids is 1. The van der Waals surface area contributed by atoms with Crippen LogP contribution in [0.5, 0.6) is 0 Å². The molecule has 212 valence electrons. The molecule has 0 aromatic rings. The average molecular weight is 507 g/mol. The van der Waals surface area contributed by atoms with E-state index in [1.54, 1.807) is 0 Å². The van der Waals surface area contributed by atoms with Gasteiger partial charge in [0.15, 0.2) is 0 Å². The lowest BCUT2D eigenvalue weighted by Crippen LogP contribution is -2.05. The molecule has 0 fully saturated rings. The summed E-state index contributed by atoms with van der Waals surface area (Å²) in [7, 11) is 0. The van der Waals surface area contributed by atoms with Crippen LogP contribution in [0.4, 0.5) is 0 Å². The van der Waals surface area contributed by atoms with Crippen LogP contribution >= 0.6 is 0 Å². The largest absolute Gasteiger partial charge is 0.466 e. The smallest absolute Gasteiger partial charge is 0.305 e. The van der Waals surface area contributed by atoms with E-state index in [0.717, 1.165) is 44.9 Å². The number of esters is 1. The second-order valence-corrected chi connectivity index (χ2v) is 10.00. The lowest BCUT2D eigenvalue weighted by molar-refractivity contribution is -0.143. The van der Waals surface area contributed by atoms with Gasteiger partial charge in [-0.3, -0.25) is 4.79 Å². The SMILES string of the molecule is C=CCCCCCCCCCO.C=CCCCCCCCCCOC(=O)CCCCCCCCC=C. The van der Waals surface area contributed by atoms with Gasteiger partial charge in [-0.2, -0.15) is 0 Å². The maximum absolute atomic E-state index is 11.6. The molecule has 1 N–H and O–H groups in total. The summed E-state index contributed by atoms with van der Waals surface area (Å²) in [5, 5.41) is 8.53. The Bertz CT molecular complexity index is 458. The van der Waals surface area contributed by atoms with Gasteiger partial charge >= 0.3 is 5.97 Å². The molecule has 0 heterocycles. The van der Waals surface area contributed by atoms with Crippen molar-refractivity contribution in [2.75, 3.05) is 13.2 Å². The highest BCUT2D eigenvalue weighted by Gasteiger charge is 2.02. The summed E-state index contributed by atoms with van der Waals surface area (Å²) in [5.41, 5.74) is 0. The van der Waals surface area contributed by atoms with Crippen molar-refractivity contribution >= 4 is 5.97 Å². The first kappa shape index (κ1) is 36.8. The number of rotatable bonds is 28. The summed E-state index contributed by atoms with van der Waals surface area (Å²) < 4.78 is 5.30. The lowest BCUT2D eigenvalue weighted by Gasteiger charge is -2.05. The molecule has 0 aliphatic carbocycles. The first-order valence-electron chi connectivity index (χ1n) is 15.3. The molecule has 0 aromatic heterocycles. The molecule has 0 rings (SSSR count). The molecule has 0 radical (unpaired) electrons. The van der Waals surface area contributed by atoms with Crippen molar-refractivity contribution in [3.05, 3.63) is 38.0 Å². The van der Waals surface area contributed by atoms with E-state index in [4.69, 9.17) is 9.84 Å². The number of hydrogen-bond donors (Lipinski definition) is 1. The molecule has 0 spiro atoms. The normalized spacial score (nSPS) is 10.4. The van der Waals surface area contributed by atoms with Crippen LogP contribution in [0.2, 0.25) is 0 Å². The number of aliphatic hydroxyl groups excluding tert-OH is 1. The van der Waals surface area contributed by atoms with Crippen LogP contribution in [0.1, 0.15) is 154 Å². The molecular weight excluding hydrogens is 444 g/mol. The fourth-order valence-corrected chi connectivity index (χ4v) is 4.08. The van der Waals surface area contributed by atoms with Gasteiger partial charge in [0.25, 0.3) is 0 Å². The van der Waals surface area contributed by atoms with E-state index in [1.807, 2.05) is 18.2 Å². The molecule has 0 saturated heterocycles. The Labute approximate surface area is 225 Å². The van der Waals surface area contributed by atoms with Gasteiger partial charge in [0.1, 0.15) is 0 Å². The summed E-state index contributed by atoms with van der Waals surface area (Å²) in [6, 6.07) is 0.